The number of nitrogens with two attached hydrogens (primary N) is 1. The molecule has 4 heterocycles. The normalized spacial score (nSPS) is 22.2. The second kappa shape index (κ2) is 18.5. The number of nitrogens with zero attached hydrogens (tertiary/aromatic N) is 1. The molecule has 4 rings (SSSR count). The van der Waals surface area contributed by atoms with Crippen LogP contribution in [0, 0.1) is 37.0 Å². The van der Waals surface area contributed by atoms with E-state index in [0.717, 1.165) is 124 Å². The lowest BCUT2D eigenvalue weighted by atomic mass is 9.73. The summed E-state index contributed by atoms with van der Waals surface area (Å²) < 4.78 is 5.60. The summed E-state index contributed by atoms with van der Waals surface area (Å²) in [6.07, 6.45) is 14.4. The fraction of sp³-hybridized carbons (Fsp3) is 0.460. The molecule has 1 unspecified atom stereocenters. The average molecular weight is 758 g/mol. The van der Waals surface area contributed by atoms with Gasteiger partial charge in [0, 0.05) is 57.6 Å². The minimum Gasteiger partial charge on any atom is -0.502 e. The van der Waals surface area contributed by atoms with Gasteiger partial charge in [-0.25, -0.2) is 4.99 Å². The third kappa shape index (κ3) is 9.99. The Morgan fingerprint density at radius 2 is 1.64 bits per heavy atom. The molecule has 2 aromatic rings. The van der Waals surface area contributed by atoms with Crippen molar-refractivity contribution >= 4 is 41.3 Å². The zero-order valence-electron chi connectivity index (χ0n) is 36.7. The Morgan fingerprint density at radius 3 is 2.25 bits per heavy atom. The number of hydrogen-bond acceptors (Lipinski definition) is 4. The van der Waals surface area contributed by atoms with Crippen molar-refractivity contribution in [2.24, 2.45) is 33.9 Å². The van der Waals surface area contributed by atoms with Gasteiger partial charge < -0.3 is 25.8 Å². The highest BCUT2D eigenvalue weighted by Gasteiger charge is 2.31. The van der Waals surface area contributed by atoms with Gasteiger partial charge in [0.1, 0.15) is 0 Å². The first-order valence-corrected chi connectivity index (χ1v) is 20.6. The highest BCUT2D eigenvalue weighted by molar-refractivity contribution is 6.23. The maximum Gasteiger partial charge on any atom is 0.0884 e. The molecule has 2 aliphatic heterocycles. The standard InChI is InChI=1S/C50H71N5O/c1-17-29(4)24-41-32(7)40(21-20-31(6)56-16)33(8)42(51)25-43-34(9)38(18-2)46(53-43)26-44-35(10)39(19-3)47(54-44)27-45-36(11)48(49(41)55-45)37(12)52-23-22-30(5)28-50(13,14)15/h18,25-27,32-33,40,52-53,55H,2,4-6,12,17,19-24,28,51H2,1,3,7-11,13-16H3/b42-25-,44-26-,45-27-,49-41-/t32?,33-,40+/m0/s1. The van der Waals surface area contributed by atoms with Crippen LogP contribution >= 0.6 is 0 Å². The van der Waals surface area contributed by atoms with Crippen LogP contribution in [0.4, 0.5) is 0 Å². The van der Waals surface area contributed by atoms with Gasteiger partial charge in [-0.1, -0.05) is 98.6 Å². The molecule has 2 aliphatic rings. The third-order valence-electron chi connectivity index (χ3n) is 12.0. The summed E-state index contributed by atoms with van der Waals surface area (Å²) >= 11 is 0. The van der Waals surface area contributed by atoms with E-state index in [2.05, 4.69) is 136 Å². The van der Waals surface area contributed by atoms with E-state index in [4.69, 9.17) is 15.5 Å². The van der Waals surface area contributed by atoms with E-state index < -0.39 is 0 Å². The lowest BCUT2D eigenvalue weighted by Gasteiger charge is -2.32. The van der Waals surface area contributed by atoms with Gasteiger partial charge in [0.2, 0.25) is 0 Å². The third-order valence-corrected chi connectivity index (χ3v) is 12.0. The second-order valence-electron chi connectivity index (χ2n) is 17.4. The molecule has 2 aromatic heterocycles. The number of methoxy groups -OCH3 is 1. The van der Waals surface area contributed by atoms with Crippen LogP contribution in [0.1, 0.15) is 134 Å². The quantitative estimate of drug-likeness (QED) is 0.108. The van der Waals surface area contributed by atoms with E-state index in [9.17, 15) is 0 Å². The number of nitrogens with one attached hydrogen (secondary N) is 3. The Labute approximate surface area is 338 Å². The predicted octanol–water partition coefficient (Wildman–Crippen LogP) is 11.2. The van der Waals surface area contributed by atoms with Crippen molar-refractivity contribution in [1.82, 2.24) is 15.3 Å². The maximum absolute atomic E-state index is 7.16. The molecule has 6 nitrogen and oxygen atoms in total. The molecular weight excluding hydrogens is 687 g/mol. The minimum atomic E-state index is 0.0338. The molecule has 6 heteroatoms. The Kier molecular flexibility index (Phi) is 14.5. The number of allylic oxidation sites excluding steroid dienone is 5. The van der Waals surface area contributed by atoms with Gasteiger partial charge in [-0.05, 0) is 129 Å². The van der Waals surface area contributed by atoms with E-state index in [-0.39, 0.29) is 23.2 Å². The second-order valence-corrected chi connectivity index (χ2v) is 17.4. The Hall–Kier alpha value is -4.71. The van der Waals surface area contributed by atoms with E-state index >= 15 is 0 Å². The average Bonchev–Trinajstić information content (AvgIpc) is 3.73. The number of aliphatic imine (C=N–C) groups is 1. The van der Waals surface area contributed by atoms with Gasteiger partial charge >= 0.3 is 0 Å². The first kappa shape index (κ1) is 44.0. The van der Waals surface area contributed by atoms with Crippen LogP contribution in [-0.2, 0) is 4.74 Å². The van der Waals surface area contributed by atoms with E-state index in [0.29, 0.717) is 0 Å². The number of aromatic nitrogens is 2. The van der Waals surface area contributed by atoms with Crippen LogP contribution in [0.2, 0.25) is 0 Å². The number of aromatic amines is 2. The summed E-state index contributed by atoms with van der Waals surface area (Å²) in [6.45, 7) is 45.1. The first-order chi connectivity index (χ1) is 26.3. The number of H-pyrrole nitrogens is 2. The monoisotopic (exact) mass is 758 g/mol. The molecule has 6 bridgehead atoms. The predicted molar refractivity (Wildman–Crippen MR) is 245 cm³/mol. The van der Waals surface area contributed by atoms with Crippen LogP contribution < -0.4 is 21.7 Å². The van der Waals surface area contributed by atoms with Crippen molar-refractivity contribution in [3.63, 3.8) is 0 Å². The van der Waals surface area contributed by atoms with Gasteiger partial charge in [-0.3, -0.25) is 0 Å². The van der Waals surface area contributed by atoms with Gasteiger partial charge in [-0.2, -0.15) is 0 Å². The molecule has 0 saturated carbocycles. The zero-order valence-corrected chi connectivity index (χ0v) is 36.7. The highest BCUT2D eigenvalue weighted by Crippen LogP contribution is 2.39. The summed E-state index contributed by atoms with van der Waals surface area (Å²) in [5.41, 5.74) is 23.5. The van der Waals surface area contributed by atoms with Gasteiger partial charge in [0.05, 0.1) is 24.3 Å². The highest BCUT2D eigenvalue weighted by atomic mass is 16.5. The van der Waals surface area contributed by atoms with Crippen molar-refractivity contribution in [1.29, 1.82) is 0 Å². The van der Waals surface area contributed by atoms with Crippen LogP contribution in [0.3, 0.4) is 0 Å². The number of ether oxygens (including phenoxy) is 1. The summed E-state index contributed by atoms with van der Waals surface area (Å²) in [5, 5.41) is 5.86. The fourth-order valence-electron chi connectivity index (χ4n) is 8.51. The molecule has 0 radical (unpaired) electrons. The molecule has 0 fully saturated rings. The van der Waals surface area contributed by atoms with E-state index in [1.165, 1.54) is 27.9 Å². The maximum atomic E-state index is 7.16. The summed E-state index contributed by atoms with van der Waals surface area (Å²) in [4.78, 5) is 12.9. The van der Waals surface area contributed by atoms with E-state index in [1.807, 2.05) is 6.08 Å². The molecular formula is C50H71N5O. The molecule has 3 atom stereocenters. The molecule has 0 saturated heterocycles. The minimum absolute atomic E-state index is 0.0338. The van der Waals surface area contributed by atoms with Gasteiger partial charge in [0.15, 0.2) is 0 Å². The van der Waals surface area contributed by atoms with E-state index in [1.54, 1.807) is 7.11 Å². The molecule has 56 heavy (non-hydrogen) atoms. The first-order valence-electron chi connectivity index (χ1n) is 20.6. The molecule has 0 aliphatic carbocycles. The molecule has 0 aromatic carbocycles. The summed E-state index contributed by atoms with van der Waals surface area (Å²) in [7, 11) is 1.70. The van der Waals surface area contributed by atoms with Crippen molar-refractivity contribution in [3.8, 4) is 0 Å². The number of rotatable bonds is 15. The molecule has 5 N–H and O–H groups in total. The lowest BCUT2D eigenvalue weighted by Crippen LogP contribution is -2.30. The van der Waals surface area contributed by atoms with Crippen molar-refractivity contribution in [2.45, 2.75) is 114 Å². The smallest absolute Gasteiger partial charge is 0.0884 e. The Bertz CT molecular complexity index is 2130. The fourth-order valence-corrected chi connectivity index (χ4v) is 8.51. The van der Waals surface area contributed by atoms with Crippen LogP contribution in [0.15, 0.2) is 77.3 Å². The zero-order chi connectivity index (χ0) is 41.6. The Balaban J connectivity index is 2.09. The van der Waals surface area contributed by atoms with Gasteiger partial charge in [-0.15, -0.1) is 0 Å². The van der Waals surface area contributed by atoms with Crippen LogP contribution in [-0.4, -0.2) is 29.3 Å². The van der Waals surface area contributed by atoms with Crippen molar-refractivity contribution < 1.29 is 4.74 Å². The van der Waals surface area contributed by atoms with Crippen molar-refractivity contribution in [2.75, 3.05) is 13.7 Å². The topological polar surface area (TPSA) is 91.2 Å². The molecule has 0 spiro atoms. The van der Waals surface area contributed by atoms with Crippen LogP contribution in [0.25, 0.3) is 35.6 Å². The summed E-state index contributed by atoms with van der Waals surface area (Å²) in [6, 6.07) is 0. The Morgan fingerprint density at radius 1 is 0.946 bits per heavy atom. The van der Waals surface area contributed by atoms with Crippen LogP contribution in [0.5, 0.6) is 0 Å². The largest absolute Gasteiger partial charge is 0.502 e. The molecule has 302 valence electrons. The van der Waals surface area contributed by atoms with Crippen molar-refractivity contribution in [3.05, 3.63) is 117 Å². The number of hydrogen-bond donors (Lipinski definition) is 4. The van der Waals surface area contributed by atoms with Gasteiger partial charge in [0.25, 0.3) is 0 Å². The SMILES string of the molecule is C=Cc1c2[nH]c(c1C)/C=C(\N)[C@@H](C)[C@H](CCC(=C)OC)C(C)/C(CC(=C)CC)=c1\[nH]/c(c(C)c1C(=C)NCCC(=C)CC(C)(C)C)=C\C1=NC(=C\2)/C(C)=C1CC. The molecule has 0 amide bonds. The lowest BCUT2D eigenvalue weighted by molar-refractivity contribution is 0.247. The number of fused-ring (bicyclic) bond motifs is 5. The summed E-state index contributed by atoms with van der Waals surface area (Å²) in [5.74, 6) is 1.08.